The molecule has 2 amide bonds. The maximum absolute atomic E-state index is 11.6. The van der Waals surface area contributed by atoms with Crippen LogP contribution in [0.25, 0.3) is 0 Å². The van der Waals surface area contributed by atoms with E-state index in [2.05, 4.69) is 10.3 Å². The van der Waals surface area contributed by atoms with Gasteiger partial charge in [-0.05, 0) is 0 Å². The van der Waals surface area contributed by atoms with E-state index in [9.17, 15) is 9.59 Å². The van der Waals surface area contributed by atoms with Gasteiger partial charge in [0.05, 0.1) is 18.0 Å². The fourth-order valence-electron chi connectivity index (χ4n) is 1.03. The highest BCUT2D eigenvalue weighted by atomic mass is 32.1. The van der Waals surface area contributed by atoms with Crippen LogP contribution in [0.1, 0.15) is 15.4 Å². The number of carbonyl (C=O) groups excluding carboxylic acids is 2. The molecule has 0 aliphatic carbocycles. The Bertz CT molecular complexity index is 404. The summed E-state index contributed by atoms with van der Waals surface area (Å²) in [5.74, 6) is -1.11. The number of nitrogens with two attached hydrogens (primary N) is 2. The smallest absolute Gasteiger partial charge is 0.271 e. The Hall–Kier alpha value is -1.67. The molecule has 7 nitrogen and oxygen atoms in total. The molecular weight excluding hydrogens is 232 g/mol. The summed E-state index contributed by atoms with van der Waals surface area (Å²) in [6.07, 6.45) is 0. The summed E-state index contributed by atoms with van der Waals surface area (Å²) in [5.41, 5.74) is 10.6. The number of amides is 2. The number of thiazole rings is 1. The standard InChI is InChI=1S/C8H12N4O3S/c1-15-3-4-6(12-8(10)16-4)7(14)11-2-5(9)13/h2-3H2,1H3,(H2,9,13)(H2,10,12)(H,11,14). The number of nitrogens with zero attached hydrogens (tertiary/aromatic N) is 1. The van der Waals surface area contributed by atoms with Crippen molar-refractivity contribution in [3.8, 4) is 0 Å². The molecule has 0 unspecified atom stereocenters. The first-order chi connectivity index (χ1) is 7.54. The van der Waals surface area contributed by atoms with Crippen molar-refractivity contribution in [1.29, 1.82) is 0 Å². The fraction of sp³-hybridized carbons (Fsp3) is 0.375. The molecule has 1 rings (SSSR count). The van der Waals surface area contributed by atoms with Crippen molar-refractivity contribution in [3.63, 3.8) is 0 Å². The van der Waals surface area contributed by atoms with Crippen LogP contribution in [-0.4, -0.2) is 30.5 Å². The molecule has 0 aromatic carbocycles. The van der Waals surface area contributed by atoms with Gasteiger partial charge in [-0.2, -0.15) is 0 Å². The molecule has 0 saturated carbocycles. The summed E-state index contributed by atoms with van der Waals surface area (Å²) >= 11 is 1.17. The average Bonchev–Trinajstić information content (AvgIpc) is 2.56. The van der Waals surface area contributed by atoms with Crippen molar-refractivity contribution in [3.05, 3.63) is 10.6 Å². The molecule has 0 atom stereocenters. The number of primary amides is 1. The lowest BCUT2D eigenvalue weighted by atomic mass is 10.3. The molecule has 0 fully saturated rings. The van der Waals surface area contributed by atoms with Crippen LogP contribution in [0, 0.1) is 0 Å². The zero-order valence-electron chi connectivity index (χ0n) is 8.65. The Kier molecular flexibility index (Phi) is 4.20. The number of rotatable bonds is 5. The molecule has 0 aliphatic heterocycles. The van der Waals surface area contributed by atoms with Crippen molar-refractivity contribution >= 4 is 28.3 Å². The first kappa shape index (κ1) is 12.4. The van der Waals surface area contributed by atoms with E-state index in [0.717, 1.165) is 0 Å². The highest BCUT2D eigenvalue weighted by molar-refractivity contribution is 7.15. The lowest BCUT2D eigenvalue weighted by Crippen LogP contribution is -2.33. The summed E-state index contributed by atoms with van der Waals surface area (Å²) in [7, 11) is 1.50. The van der Waals surface area contributed by atoms with Gasteiger partial charge in [-0.3, -0.25) is 9.59 Å². The number of aromatic nitrogens is 1. The van der Waals surface area contributed by atoms with E-state index in [1.165, 1.54) is 18.4 Å². The molecule has 0 spiro atoms. The number of hydrogen-bond acceptors (Lipinski definition) is 6. The number of anilines is 1. The molecule has 1 heterocycles. The maximum Gasteiger partial charge on any atom is 0.271 e. The molecular formula is C8H12N4O3S. The van der Waals surface area contributed by atoms with Crippen LogP contribution >= 0.6 is 11.3 Å². The van der Waals surface area contributed by atoms with E-state index in [1.54, 1.807) is 0 Å². The van der Waals surface area contributed by atoms with Gasteiger partial charge in [-0.1, -0.05) is 11.3 Å². The van der Waals surface area contributed by atoms with Gasteiger partial charge in [0.1, 0.15) is 5.69 Å². The van der Waals surface area contributed by atoms with Gasteiger partial charge < -0.3 is 21.5 Å². The van der Waals surface area contributed by atoms with Crippen LogP contribution in [0.4, 0.5) is 5.13 Å². The molecule has 0 radical (unpaired) electrons. The van der Waals surface area contributed by atoms with E-state index in [1.807, 2.05) is 0 Å². The van der Waals surface area contributed by atoms with Gasteiger partial charge >= 0.3 is 0 Å². The fourth-order valence-corrected chi connectivity index (χ4v) is 1.83. The van der Waals surface area contributed by atoms with Crippen LogP contribution in [-0.2, 0) is 16.1 Å². The van der Waals surface area contributed by atoms with Crippen molar-refractivity contribution in [2.75, 3.05) is 19.4 Å². The number of nitrogens with one attached hydrogen (secondary N) is 1. The Morgan fingerprint density at radius 3 is 2.81 bits per heavy atom. The number of ether oxygens (including phenoxy) is 1. The van der Waals surface area contributed by atoms with Crippen LogP contribution in [0.15, 0.2) is 0 Å². The van der Waals surface area contributed by atoms with E-state index < -0.39 is 11.8 Å². The van der Waals surface area contributed by atoms with Crippen molar-refractivity contribution < 1.29 is 14.3 Å². The highest BCUT2D eigenvalue weighted by Crippen LogP contribution is 2.20. The first-order valence-corrected chi connectivity index (χ1v) is 5.17. The first-order valence-electron chi connectivity index (χ1n) is 4.35. The van der Waals surface area contributed by atoms with Crippen molar-refractivity contribution in [2.45, 2.75) is 6.61 Å². The van der Waals surface area contributed by atoms with Gasteiger partial charge in [0.2, 0.25) is 5.91 Å². The highest BCUT2D eigenvalue weighted by Gasteiger charge is 2.17. The molecule has 88 valence electrons. The van der Waals surface area contributed by atoms with Gasteiger partial charge in [0, 0.05) is 7.11 Å². The zero-order valence-corrected chi connectivity index (χ0v) is 9.47. The number of nitrogen functional groups attached to an aromatic ring is 1. The molecule has 0 saturated heterocycles. The van der Waals surface area contributed by atoms with E-state index in [-0.39, 0.29) is 24.0 Å². The van der Waals surface area contributed by atoms with Crippen molar-refractivity contribution in [2.24, 2.45) is 5.73 Å². The lowest BCUT2D eigenvalue weighted by Gasteiger charge is -2.01. The summed E-state index contributed by atoms with van der Waals surface area (Å²) < 4.78 is 4.90. The maximum atomic E-state index is 11.6. The third kappa shape index (κ3) is 3.17. The molecule has 5 N–H and O–H groups in total. The van der Waals surface area contributed by atoms with Gasteiger partial charge in [-0.15, -0.1) is 0 Å². The third-order valence-electron chi connectivity index (χ3n) is 1.63. The SMILES string of the molecule is COCc1sc(N)nc1C(=O)NCC(N)=O. The Labute approximate surface area is 95.8 Å². The predicted octanol–water partition coefficient (Wildman–Crippen LogP) is -0.913. The van der Waals surface area contributed by atoms with E-state index in [4.69, 9.17) is 16.2 Å². The van der Waals surface area contributed by atoms with Crippen molar-refractivity contribution in [1.82, 2.24) is 10.3 Å². The second-order valence-electron chi connectivity index (χ2n) is 2.91. The molecule has 8 heteroatoms. The topological polar surface area (TPSA) is 120 Å². The van der Waals surface area contributed by atoms with Crippen LogP contribution < -0.4 is 16.8 Å². The summed E-state index contributed by atoms with van der Waals surface area (Å²) in [5, 5.41) is 2.60. The second-order valence-corrected chi connectivity index (χ2v) is 4.02. The Balaban J connectivity index is 2.77. The van der Waals surface area contributed by atoms with Crippen LogP contribution in [0.3, 0.4) is 0 Å². The van der Waals surface area contributed by atoms with Gasteiger partial charge in [0.25, 0.3) is 5.91 Å². The lowest BCUT2D eigenvalue weighted by molar-refractivity contribution is -0.117. The summed E-state index contributed by atoms with van der Waals surface area (Å²) in [6.45, 7) is 0.0108. The zero-order chi connectivity index (χ0) is 12.1. The monoisotopic (exact) mass is 244 g/mol. The molecule has 1 aromatic heterocycles. The minimum Gasteiger partial charge on any atom is -0.379 e. The summed E-state index contributed by atoms with van der Waals surface area (Å²) in [4.78, 5) is 26.5. The number of hydrogen-bond donors (Lipinski definition) is 3. The number of carbonyl (C=O) groups is 2. The van der Waals surface area contributed by atoms with E-state index in [0.29, 0.717) is 4.88 Å². The average molecular weight is 244 g/mol. The van der Waals surface area contributed by atoms with Crippen LogP contribution in [0.2, 0.25) is 0 Å². The quantitative estimate of drug-likeness (QED) is 0.619. The second kappa shape index (κ2) is 5.42. The Morgan fingerprint density at radius 2 is 2.25 bits per heavy atom. The van der Waals surface area contributed by atoms with Gasteiger partial charge in [-0.25, -0.2) is 4.98 Å². The Morgan fingerprint density at radius 1 is 1.56 bits per heavy atom. The molecule has 16 heavy (non-hydrogen) atoms. The third-order valence-corrected chi connectivity index (χ3v) is 2.49. The molecule has 0 bridgehead atoms. The predicted molar refractivity (Wildman–Crippen MR) is 58.8 cm³/mol. The molecule has 0 aliphatic rings. The van der Waals surface area contributed by atoms with Gasteiger partial charge in [0.15, 0.2) is 5.13 Å². The number of methoxy groups -OCH3 is 1. The normalized spacial score (nSPS) is 10.1. The summed E-state index contributed by atoms with van der Waals surface area (Å²) in [6, 6.07) is 0. The molecule has 1 aromatic rings. The minimum absolute atomic E-state index is 0.172. The van der Waals surface area contributed by atoms with Crippen LogP contribution in [0.5, 0.6) is 0 Å². The van der Waals surface area contributed by atoms with E-state index >= 15 is 0 Å². The minimum atomic E-state index is -0.621. The largest absolute Gasteiger partial charge is 0.379 e.